The zero-order valence-corrected chi connectivity index (χ0v) is 13.1. The molecule has 0 aromatic heterocycles. The molecule has 0 aliphatic heterocycles. The van der Waals surface area contributed by atoms with E-state index in [0.29, 0.717) is 12.8 Å². The predicted molar refractivity (Wildman–Crippen MR) is 78.1 cm³/mol. The normalized spacial score (nSPS) is 27.4. The molecule has 1 aromatic rings. The lowest BCUT2D eigenvalue weighted by atomic mass is 9.78. The predicted octanol–water partition coefficient (Wildman–Crippen LogP) is 2.76. The minimum absolute atomic E-state index is 0.223. The van der Waals surface area contributed by atoms with Crippen LogP contribution in [-0.4, -0.2) is 27.9 Å². The van der Waals surface area contributed by atoms with Gasteiger partial charge in [-0.15, -0.1) is 0 Å². The molecule has 1 aromatic carbocycles. The van der Waals surface area contributed by atoms with E-state index in [1.807, 2.05) is 0 Å². The second-order valence-electron chi connectivity index (χ2n) is 5.56. The molecule has 0 spiro atoms. The van der Waals surface area contributed by atoms with E-state index in [1.54, 1.807) is 7.11 Å². The molecular weight excluding hydrogens is 276 g/mol. The van der Waals surface area contributed by atoms with Crippen LogP contribution in [0.5, 0.6) is 0 Å². The van der Waals surface area contributed by atoms with Crippen LogP contribution < -0.4 is 0 Å². The zero-order valence-electron chi connectivity index (χ0n) is 12.3. The van der Waals surface area contributed by atoms with Crippen molar-refractivity contribution in [3.8, 4) is 0 Å². The molecular formula is C15H22O4S. The van der Waals surface area contributed by atoms with Gasteiger partial charge in [0.1, 0.15) is 0 Å². The quantitative estimate of drug-likeness (QED) is 0.802. The van der Waals surface area contributed by atoms with Crippen molar-refractivity contribution in [2.75, 3.05) is 13.4 Å². The molecule has 0 radical (unpaired) electrons. The molecule has 0 N–H and O–H groups in total. The number of aryl methyl sites for hydroxylation is 1. The van der Waals surface area contributed by atoms with E-state index in [4.69, 9.17) is 8.92 Å². The Morgan fingerprint density at radius 1 is 1.15 bits per heavy atom. The maximum absolute atomic E-state index is 11.2. The molecule has 5 heteroatoms. The molecule has 0 amide bonds. The third-order valence-corrected chi connectivity index (χ3v) is 4.64. The highest BCUT2D eigenvalue weighted by atomic mass is 32.2. The molecule has 0 atom stereocenters. The lowest BCUT2D eigenvalue weighted by molar-refractivity contribution is -0.0641. The van der Waals surface area contributed by atoms with Crippen LogP contribution in [0.15, 0.2) is 24.3 Å². The first-order chi connectivity index (χ1) is 9.35. The number of ether oxygens (including phenoxy) is 1. The van der Waals surface area contributed by atoms with Gasteiger partial charge in [0.15, 0.2) is 0 Å². The van der Waals surface area contributed by atoms with E-state index in [0.717, 1.165) is 24.7 Å². The van der Waals surface area contributed by atoms with Gasteiger partial charge in [0.25, 0.3) is 10.1 Å². The van der Waals surface area contributed by atoms with Crippen LogP contribution in [0.3, 0.4) is 0 Å². The van der Waals surface area contributed by atoms with Crippen molar-refractivity contribution in [3.63, 3.8) is 0 Å². The van der Waals surface area contributed by atoms with Crippen LogP contribution in [-0.2, 0) is 24.6 Å². The van der Waals surface area contributed by atoms with Gasteiger partial charge in [-0.05, 0) is 38.2 Å². The van der Waals surface area contributed by atoms with Crippen LogP contribution in [0, 0.1) is 6.92 Å². The van der Waals surface area contributed by atoms with E-state index in [1.165, 1.54) is 5.56 Å². The Morgan fingerprint density at radius 3 is 2.15 bits per heavy atom. The highest BCUT2D eigenvalue weighted by molar-refractivity contribution is 7.86. The van der Waals surface area contributed by atoms with Crippen molar-refractivity contribution < 1.29 is 17.3 Å². The Morgan fingerprint density at radius 2 is 1.70 bits per heavy atom. The Labute approximate surface area is 121 Å². The third kappa shape index (κ3) is 3.59. The van der Waals surface area contributed by atoms with Crippen LogP contribution in [0.1, 0.15) is 36.8 Å². The fourth-order valence-electron chi connectivity index (χ4n) is 2.87. The van der Waals surface area contributed by atoms with E-state index in [2.05, 4.69) is 31.2 Å². The van der Waals surface area contributed by atoms with Crippen molar-refractivity contribution in [2.45, 2.75) is 44.3 Å². The van der Waals surface area contributed by atoms with Crippen molar-refractivity contribution in [3.05, 3.63) is 35.4 Å². The monoisotopic (exact) mass is 298 g/mol. The highest BCUT2D eigenvalue weighted by Gasteiger charge is 2.38. The topological polar surface area (TPSA) is 52.6 Å². The Balaban J connectivity index is 2.10. The summed E-state index contributed by atoms with van der Waals surface area (Å²) in [6.07, 6.45) is 3.80. The summed E-state index contributed by atoms with van der Waals surface area (Å²) in [5.41, 5.74) is 2.06. The van der Waals surface area contributed by atoms with Gasteiger partial charge in [0.05, 0.1) is 18.0 Å². The molecule has 1 saturated carbocycles. The minimum Gasteiger partial charge on any atom is -0.374 e. The second-order valence-corrected chi connectivity index (χ2v) is 7.16. The van der Waals surface area contributed by atoms with Gasteiger partial charge in [-0.25, -0.2) is 0 Å². The van der Waals surface area contributed by atoms with Gasteiger partial charge in [0, 0.05) is 7.11 Å². The number of hydrogen-bond acceptors (Lipinski definition) is 4. The molecule has 2 rings (SSSR count). The van der Waals surface area contributed by atoms with Gasteiger partial charge in [-0.2, -0.15) is 8.42 Å². The summed E-state index contributed by atoms with van der Waals surface area (Å²) in [7, 11) is -1.66. The standard InChI is InChI=1S/C15H22O4S/c1-12-4-6-13(7-5-12)15(18-2)10-8-14(9-11-15)19-20(3,16)17/h4-7,14H,8-11H2,1-3H3/t14-,15+. The van der Waals surface area contributed by atoms with Crippen molar-refractivity contribution >= 4 is 10.1 Å². The smallest absolute Gasteiger partial charge is 0.264 e. The lowest BCUT2D eigenvalue weighted by Crippen LogP contribution is -2.36. The largest absolute Gasteiger partial charge is 0.374 e. The summed E-state index contributed by atoms with van der Waals surface area (Å²) in [6, 6.07) is 8.34. The van der Waals surface area contributed by atoms with Crippen molar-refractivity contribution in [2.24, 2.45) is 0 Å². The molecule has 0 bridgehead atoms. The molecule has 1 aliphatic rings. The molecule has 0 unspecified atom stereocenters. The van der Waals surface area contributed by atoms with Gasteiger partial charge in [-0.3, -0.25) is 4.18 Å². The first-order valence-corrected chi connectivity index (χ1v) is 8.67. The minimum atomic E-state index is -3.38. The average molecular weight is 298 g/mol. The van der Waals surface area contributed by atoms with Gasteiger partial charge in [-0.1, -0.05) is 29.8 Å². The van der Waals surface area contributed by atoms with Crippen molar-refractivity contribution in [1.29, 1.82) is 0 Å². The number of benzene rings is 1. The number of hydrogen-bond donors (Lipinski definition) is 0. The maximum Gasteiger partial charge on any atom is 0.264 e. The summed E-state index contributed by atoms with van der Waals surface area (Å²) < 4.78 is 33.2. The molecule has 0 saturated heterocycles. The first-order valence-electron chi connectivity index (χ1n) is 6.85. The summed E-state index contributed by atoms with van der Waals surface area (Å²) in [5, 5.41) is 0. The van der Waals surface area contributed by atoms with Gasteiger partial charge >= 0.3 is 0 Å². The molecule has 0 heterocycles. The summed E-state index contributed by atoms with van der Waals surface area (Å²) >= 11 is 0. The van der Waals surface area contributed by atoms with Crippen LogP contribution in [0.4, 0.5) is 0 Å². The highest BCUT2D eigenvalue weighted by Crippen LogP contribution is 2.41. The van der Waals surface area contributed by atoms with Crippen LogP contribution in [0.2, 0.25) is 0 Å². The molecule has 1 aliphatic carbocycles. The van der Waals surface area contributed by atoms with Gasteiger partial charge in [0.2, 0.25) is 0 Å². The lowest BCUT2D eigenvalue weighted by Gasteiger charge is -2.39. The fraction of sp³-hybridized carbons (Fsp3) is 0.600. The second kappa shape index (κ2) is 5.84. The average Bonchev–Trinajstić information content (AvgIpc) is 2.39. The maximum atomic E-state index is 11.2. The van der Waals surface area contributed by atoms with Crippen LogP contribution >= 0.6 is 0 Å². The van der Waals surface area contributed by atoms with Gasteiger partial charge < -0.3 is 4.74 Å². The van der Waals surface area contributed by atoms with E-state index in [-0.39, 0.29) is 11.7 Å². The molecule has 20 heavy (non-hydrogen) atoms. The Bertz CT molecular complexity index is 540. The summed E-state index contributed by atoms with van der Waals surface area (Å²) in [5.74, 6) is 0. The first kappa shape index (κ1) is 15.5. The molecule has 1 fully saturated rings. The Hall–Kier alpha value is -0.910. The van der Waals surface area contributed by atoms with E-state index < -0.39 is 10.1 Å². The fourth-order valence-corrected chi connectivity index (χ4v) is 3.56. The van der Waals surface area contributed by atoms with Crippen LogP contribution in [0.25, 0.3) is 0 Å². The molecule has 4 nitrogen and oxygen atoms in total. The number of rotatable bonds is 4. The SMILES string of the molecule is CO[C@]1(c2ccc(C)cc2)CC[C@H](OS(C)(=O)=O)CC1. The van der Waals surface area contributed by atoms with E-state index in [9.17, 15) is 8.42 Å². The molecule has 112 valence electrons. The summed E-state index contributed by atoms with van der Waals surface area (Å²) in [6.45, 7) is 2.06. The third-order valence-electron chi connectivity index (χ3n) is 4.02. The van der Waals surface area contributed by atoms with E-state index >= 15 is 0 Å². The number of methoxy groups -OCH3 is 1. The summed E-state index contributed by atoms with van der Waals surface area (Å²) in [4.78, 5) is 0. The van der Waals surface area contributed by atoms with Crippen molar-refractivity contribution in [1.82, 2.24) is 0 Å². The Kier molecular flexibility index (Phi) is 4.52. The zero-order chi connectivity index (χ0) is 14.8.